The second-order valence-corrected chi connectivity index (χ2v) is 5.49. The van der Waals surface area contributed by atoms with Crippen molar-refractivity contribution in [2.45, 2.75) is 20.3 Å². The third kappa shape index (κ3) is 4.17. The Morgan fingerprint density at radius 3 is 2.70 bits per heavy atom. The molecule has 4 nitrogen and oxygen atoms in total. The first kappa shape index (κ1) is 17.2. The van der Waals surface area contributed by atoms with Crippen molar-refractivity contribution in [2.24, 2.45) is 0 Å². The van der Waals surface area contributed by atoms with E-state index in [0.29, 0.717) is 34.4 Å². The standard InChI is InChI=1S/C18H20ClNO3/c1-4-10-23-16-9-8-13(11-17(16)22-3)18(21)20-15-7-5-6-14(19)12(15)2/h5-9,11H,4,10H2,1-3H3,(H,20,21). The summed E-state index contributed by atoms with van der Waals surface area (Å²) in [4.78, 5) is 12.4. The smallest absolute Gasteiger partial charge is 0.255 e. The molecule has 0 heterocycles. The highest BCUT2D eigenvalue weighted by molar-refractivity contribution is 6.31. The Bertz CT molecular complexity index is 701. The van der Waals surface area contributed by atoms with E-state index >= 15 is 0 Å². The zero-order valence-corrected chi connectivity index (χ0v) is 14.2. The maximum absolute atomic E-state index is 12.4. The molecule has 0 bridgehead atoms. The Balaban J connectivity index is 2.20. The van der Waals surface area contributed by atoms with Gasteiger partial charge in [0.1, 0.15) is 0 Å². The zero-order valence-electron chi connectivity index (χ0n) is 13.5. The Kier molecular flexibility index (Phi) is 5.88. The van der Waals surface area contributed by atoms with Gasteiger partial charge >= 0.3 is 0 Å². The van der Waals surface area contributed by atoms with Crippen LogP contribution in [-0.2, 0) is 0 Å². The Morgan fingerprint density at radius 1 is 1.22 bits per heavy atom. The van der Waals surface area contributed by atoms with Crippen LogP contribution in [0.15, 0.2) is 36.4 Å². The molecule has 0 aromatic heterocycles. The number of carbonyl (C=O) groups is 1. The first-order valence-corrected chi connectivity index (χ1v) is 7.82. The van der Waals surface area contributed by atoms with Crippen LogP contribution in [0.1, 0.15) is 29.3 Å². The molecule has 23 heavy (non-hydrogen) atoms. The number of amides is 1. The molecule has 0 spiro atoms. The summed E-state index contributed by atoms with van der Waals surface area (Å²) in [6, 6.07) is 10.5. The average Bonchev–Trinajstić information content (AvgIpc) is 2.56. The summed E-state index contributed by atoms with van der Waals surface area (Å²) in [5, 5.41) is 3.48. The lowest BCUT2D eigenvalue weighted by Crippen LogP contribution is -2.13. The maximum atomic E-state index is 12.4. The Labute approximate surface area is 141 Å². The molecule has 0 radical (unpaired) electrons. The molecule has 2 rings (SSSR count). The van der Waals surface area contributed by atoms with Crippen molar-refractivity contribution in [3.63, 3.8) is 0 Å². The van der Waals surface area contributed by atoms with Crippen molar-refractivity contribution >= 4 is 23.2 Å². The molecule has 122 valence electrons. The Hall–Kier alpha value is -2.20. The number of halogens is 1. The van der Waals surface area contributed by atoms with E-state index in [9.17, 15) is 4.79 Å². The van der Waals surface area contributed by atoms with Crippen LogP contribution < -0.4 is 14.8 Å². The van der Waals surface area contributed by atoms with Gasteiger partial charge < -0.3 is 14.8 Å². The second kappa shape index (κ2) is 7.88. The number of anilines is 1. The number of carbonyl (C=O) groups excluding carboxylic acids is 1. The molecule has 0 aliphatic rings. The van der Waals surface area contributed by atoms with Gasteiger partial charge in [-0.3, -0.25) is 4.79 Å². The molecule has 2 aromatic carbocycles. The number of methoxy groups -OCH3 is 1. The van der Waals surface area contributed by atoms with Crippen LogP contribution in [0.25, 0.3) is 0 Å². The molecular weight excluding hydrogens is 314 g/mol. The number of nitrogens with one attached hydrogen (secondary N) is 1. The summed E-state index contributed by atoms with van der Waals surface area (Å²) in [6.07, 6.45) is 0.902. The number of rotatable bonds is 6. The Morgan fingerprint density at radius 2 is 2.00 bits per heavy atom. The first-order valence-electron chi connectivity index (χ1n) is 7.44. The molecular formula is C18H20ClNO3. The van der Waals surface area contributed by atoms with Crippen molar-refractivity contribution in [1.29, 1.82) is 0 Å². The second-order valence-electron chi connectivity index (χ2n) is 5.08. The highest BCUT2D eigenvalue weighted by Gasteiger charge is 2.13. The van der Waals surface area contributed by atoms with Gasteiger partial charge in [0.15, 0.2) is 11.5 Å². The van der Waals surface area contributed by atoms with Gasteiger partial charge in [0.25, 0.3) is 5.91 Å². The molecule has 0 atom stereocenters. The van der Waals surface area contributed by atoms with Crippen LogP contribution >= 0.6 is 11.6 Å². The SMILES string of the molecule is CCCOc1ccc(C(=O)Nc2cccc(Cl)c2C)cc1OC. The van der Waals surface area contributed by atoms with Crippen molar-refractivity contribution in [1.82, 2.24) is 0 Å². The lowest BCUT2D eigenvalue weighted by molar-refractivity contribution is 0.102. The lowest BCUT2D eigenvalue weighted by atomic mass is 10.1. The monoisotopic (exact) mass is 333 g/mol. The number of hydrogen-bond donors (Lipinski definition) is 1. The van der Waals surface area contributed by atoms with Crippen LogP contribution in [0.2, 0.25) is 5.02 Å². The predicted molar refractivity (Wildman–Crippen MR) is 92.9 cm³/mol. The molecule has 0 fully saturated rings. The molecule has 0 unspecified atom stereocenters. The molecule has 1 amide bonds. The van der Waals surface area contributed by atoms with Gasteiger partial charge in [-0.2, -0.15) is 0 Å². The van der Waals surface area contributed by atoms with Gasteiger partial charge in [-0.1, -0.05) is 24.6 Å². The fourth-order valence-corrected chi connectivity index (χ4v) is 2.25. The summed E-state index contributed by atoms with van der Waals surface area (Å²) < 4.78 is 10.9. The number of benzene rings is 2. The summed E-state index contributed by atoms with van der Waals surface area (Å²) >= 11 is 6.07. The highest BCUT2D eigenvalue weighted by atomic mass is 35.5. The fraction of sp³-hybridized carbons (Fsp3) is 0.278. The van der Waals surface area contributed by atoms with Crippen molar-refractivity contribution in [3.05, 3.63) is 52.5 Å². The molecule has 0 aliphatic heterocycles. The van der Waals surface area contributed by atoms with Crippen LogP contribution in [0, 0.1) is 6.92 Å². The zero-order chi connectivity index (χ0) is 16.8. The van der Waals surface area contributed by atoms with Crippen LogP contribution in [0.4, 0.5) is 5.69 Å². The number of hydrogen-bond acceptors (Lipinski definition) is 3. The van der Waals surface area contributed by atoms with E-state index in [-0.39, 0.29) is 5.91 Å². The van der Waals surface area contributed by atoms with E-state index < -0.39 is 0 Å². The third-order valence-electron chi connectivity index (χ3n) is 3.40. The van der Waals surface area contributed by atoms with E-state index in [1.807, 2.05) is 19.9 Å². The number of ether oxygens (including phenoxy) is 2. The quantitative estimate of drug-likeness (QED) is 0.833. The normalized spacial score (nSPS) is 10.3. The van der Waals surface area contributed by atoms with Gasteiger partial charge in [-0.05, 0) is 49.2 Å². The minimum atomic E-state index is -0.226. The molecule has 2 aromatic rings. The first-order chi connectivity index (χ1) is 11.1. The molecule has 0 saturated heterocycles. The highest BCUT2D eigenvalue weighted by Crippen LogP contribution is 2.29. The minimum absolute atomic E-state index is 0.226. The fourth-order valence-electron chi connectivity index (χ4n) is 2.08. The third-order valence-corrected chi connectivity index (χ3v) is 3.81. The maximum Gasteiger partial charge on any atom is 0.255 e. The topological polar surface area (TPSA) is 47.6 Å². The van der Waals surface area contributed by atoms with Crippen molar-refractivity contribution in [3.8, 4) is 11.5 Å². The van der Waals surface area contributed by atoms with Gasteiger partial charge in [0, 0.05) is 16.3 Å². The summed E-state index contributed by atoms with van der Waals surface area (Å²) in [7, 11) is 1.55. The van der Waals surface area contributed by atoms with E-state index in [4.69, 9.17) is 21.1 Å². The summed E-state index contributed by atoms with van der Waals surface area (Å²) in [5.74, 6) is 0.939. The van der Waals surface area contributed by atoms with E-state index in [1.54, 1.807) is 37.4 Å². The summed E-state index contributed by atoms with van der Waals surface area (Å²) in [6.45, 7) is 4.49. The van der Waals surface area contributed by atoms with E-state index in [2.05, 4.69) is 5.32 Å². The molecule has 0 saturated carbocycles. The van der Waals surface area contributed by atoms with Gasteiger partial charge in [-0.25, -0.2) is 0 Å². The van der Waals surface area contributed by atoms with E-state index in [1.165, 1.54) is 0 Å². The van der Waals surface area contributed by atoms with Crippen molar-refractivity contribution < 1.29 is 14.3 Å². The largest absolute Gasteiger partial charge is 0.493 e. The van der Waals surface area contributed by atoms with Crippen LogP contribution in [-0.4, -0.2) is 19.6 Å². The van der Waals surface area contributed by atoms with Crippen LogP contribution in [0.3, 0.4) is 0 Å². The average molecular weight is 334 g/mol. The van der Waals surface area contributed by atoms with Gasteiger partial charge in [0.2, 0.25) is 0 Å². The van der Waals surface area contributed by atoms with E-state index in [0.717, 1.165) is 12.0 Å². The lowest BCUT2D eigenvalue weighted by Gasteiger charge is -2.13. The van der Waals surface area contributed by atoms with Crippen LogP contribution in [0.5, 0.6) is 11.5 Å². The van der Waals surface area contributed by atoms with Gasteiger partial charge in [0.05, 0.1) is 13.7 Å². The summed E-state index contributed by atoms with van der Waals surface area (Å²) in [5.41, 5.74) is 2.01. The van der Waals surface area contributed by atoms with Crippen molar-refractivity contribution in [2.75, 3.05) is 19.0 Å². The molecule has 0 aliphatic carbocycles. The predicted octanol–water partition coefficient (Wildman–Crippen LogP) is 4.70. The minimum Gasteiger partial charge on any atom is -0.493 e. The molecule has 5 heteroatoms. The molecule has 1 N–H and O–H groups in total. The van der Waals surface area contributed by atoms with Gasteiger partial charge in [-0.15, -0.1) is 0 Å².